The molecule has 0 aliphatic heterocycles. The van der Waals surface area contributed by atoms with E-state index in [1.165, 1.54) is 0 Å². The van der Waals surface area contributed by atoms with Crippen LogP contribution in [-0.2, 0) is 16.6 Å². The highest BCUT2D eigenvalue weighted by Crippen LogP contribution is 2.11. The van der Waals surface area contributed by atoms with Crippen LogP contribution < -0.4 is 5.73 Å². The van der Waals surface area contributed by atoms with Gasteiger partial charge in [-0.05, 0) is 24.1 Å². The zero-order valence-corrected chi connectivity index (χ0v) is 10.4. The second kappa shape index (κ2) is 6.26. The number of halogens is 1. The lowest BCUT2D eigenvalue weighted by molar-refractivity contribution is 0.663. The highest BCUT2D eigenvalue weighted by molar-refractivity contribution is 7.84. The summed E-state index contributed by atoms with van der Waals surface area (Å²) in [5, 5.41) is 0.704. The van der Waals surface area contributed by atoms with E-state index in [-0.39, 0.29) is 6.04 Å². The summed E-state index contributed by atoms with van der Waals surface area (Å²) < 4.78 is 11.7. The van der Waals surface area contributed by atoms with Crippen molar-refractivity contribution in [1.82, 2.24) is 0 Å². The molecular formula is C11H16ClNOS. The van der Waals surface area contributed by atoms with Crippen LogP contribution in [0.3, 0.4) is 0 Å². The van der Waals surface area contributed by atoms with Crippen LogP contribution in [0, 0.1) is 0 Å². The van der Waals surface area contributed by atoms with E-state index in [1.54, 1.807) is 0 Å². The van der Waals surface area contributed by atoms with Crippen LogP contribution >= 0.6 is 11.6 Å². The van der Waals surface area contributed by atoms with Gasteiger partial charge in [-0.2, -0.15) is 0 Å². The topological polar surface area (TPSA) is 43.1 Å². The number of hydrogen-bond acceptors (Lipinski definition) is 2. The van der Waals surface area contributed by atoms with Crippen LogP contribution in [0.15, 0.2) is 24.3 Å². The van der Waals surface area contributed by atoms with Crippen LogP contribution in [0.4, 0.5) is 0 Å². The molecule has 1 aromatic rings. The minimum Gasteiger partial charge on any atom is -0.327 e. The smallest absolute Gasteiger partial charge is 0.0486 e. The van der Waals surface area contributed by atoms with E-state index in [0.29, 0.717) is 16.5 Å². The van der Waals surface area contributed by atoms with Crippen molar-refractivity contribution in [2.75, 3.05) is 5.75 Å². The fourth-order valence-electron chi connectivity index (χ4n) is 1.18. The molecule has 0 bridgehead atoms. The molecule has 1 rings (SSSR count). The third kappa shape index (κ3) is 4.78. The van der Waals surface area contributed by atoms with Crippen molar-refractivity contribution < 1.29 is 4.21 Å². The summed E-state index contributed by atoms with van der Waals surface area (Å²) in [7, 11) is -0.876. The molecule has 2 atom stereocenters. The summed E-state index contributed by atoms with van der Waals surface area (Å²) in [5.74, 6) is 1.13. The lowest BCUT2D eigenvalue weighted by Gasteiger charge is -2.08. The van der Waals surface area contributed by atoms with Crippen LogP contribution in [0.25, 0.3) is 0 Å². The monoisotopic (exact) mass is 245 g/mol. The quantitative estimate of drug-likeness (QED) is 0.865. The van der Waals surface area contributed by atoms with E-state index >= 15 is 0 Å². The average molecular weight is 246 g/mol. The van der Waals surface area contributed by atoms with Crippen molar-refractivity contribution >= 4 is 22.4 Å². The van der Waals surface area contributed by atoms with Crippen molar-refractivity contribution in [3.63, 3.8) is 0 Å². The van der Waals surface area contributed by atoms with Gasteiger partial charge in [-0.15, -0.1) is 0 Å². The predicted molar refractivity (Wildman–Crippen MR) is 66.4 cm³/mol. The first-order chi connectivity index (χ1) is 7.11. The largest absolute Gasteiger partial charge is 0.327 e. The highest BCUT2D eigenvalue weighted by atomic mass is 35.5. The molecule has 84 valence electrons. The Labute approximate surface area is 98.3 Å². The van der Waals surface area contributed by atoms with Gasteiger partial charge in [-0.3, -0.25) is 4.21 Å². The Morgan fingerprint density at radius 3 is 2.53 bits per heavy atom. The first-order valence-corrected chi connectivity index (χ1v) is 6.83. The van der Waals surface area contributed by atoms with Gasteiger partial charge in [0.1, 0.15) is 0 Å². The van der Waals surface area contributed by atoms with Gasteiger partial charge in [0.15, 0.2) is 0 Å². The zero-order chi connectivity index (χ0) is 11.3. The van der Waals surface area contributed by atoms with Gasteiger partial charge in [-0.1, -0.05) is 30.7 Å². The molecule has 0 amide bonds. The molecular weight excluding hydrogens is 230 g/mol. The Hall–Kier alpha value is -0.380. The van der Waals surface area contributed by atoms with E-state index in [0.717, 1.165) is 12.0 Å². The van der Waals surface area contributed by atoms with Crippen LogP contribution in [-0.4, -0.2) is 16.0 Å². The Morgan fingerprint density at radius 2 is 2.00 bits per heavy atom. The van der Waals surface area contributed by atoms with Gasteiger partial charge in [0.25, 0.3) is 0 Å². The van der Waals surface area contributed by atoms with Gasteiger partial charge >= 0.3 is 0 Å². The molecule has 2 N–H and O–H groups in total. The average Bonchev–Trinajstić information content (AvgIpc) is 2.21. The molecule has 15 heavy (non-hydrogen) atoms. The fraction of sp³-hybridized carbons (Fsp3) is 0.455. The summed E-state index contributed by atoms with van der Waals surface area (Å²) in [4.78, 5) is 0. The summed E-state index contributed by atoms with van der Waals surface area (Å²) in [6.07, 6.45) is 0.867. The first kappa shape index (κ1) is 12.7. The van der Waals surface area contributed by atoms with Crippen molar-refractivity contribution in [3.8, 4) is 0 Å². The minimum atomic E-state index is -0.876. The summed E-state index contributed by atoms with van der Waals surface area (Å²) in [5.41, 5.74) is 6.78. The van der Waals surface area contributed by atoms with E-state index in [4.69, 9.17) is 17.3 Å². The maximum absolute atomic E-state index is 11.7. The second-order valence-corrected chi connectivity index (χ2v) is 5.48. The van der Waals surface area contributed by atoms with Crippen molar-refractivity contribution in [1.29, 1.82) is 0 Å². The summed E-state index contributed by atoms with van der Waals surface area (Å²) in [6, 6.07) is 7.47. The number of hydrogen-bond donors (Lipinski definition) is 1. The standard InChI is InChI=1S/C11H16ClNOS/c1-2-11(13)8-15(14)7-9-3-5-10(12)6-4-9/h3-6,11H,2,7-8,13H2,1H3. The Bertz CT molecular complexity index is 326. The number of benzene rings is 1. The Balaban J connectivity index is 2.48. The molecule has 1 aromatic carbocycles. The van der Waals surface area contributed by atoms with Crippen LogP contribution in [0.1, 0.15) is 18.9 Å². The van der Waals surface area contributed by atoms with Crippen LogP contribution in [0.5, 0.6) is 0 Å². The van der Waals surface area contributed by atoms with Gasteiger partial charge in [0, 0.05) is 33.4 Å². The lowest BCUT2D eigenvalue weighted by atomic mass is 10.2. The first-order valence-electron chi connectivity index (χ1n) is 4.96. The molecule has 0 aliphatic carbocycles. The van der Waals surface area contributed by atoms with Crippen molar-refractivity contribution in [2.45, 2.75) is 25.1 Å². The van der Waals surface area contributed by atoms with E-state index in [9.17, 15) is 4.21 Å². The third-order valence-electron chi connectivity index (χ3n) is 2.17. The molecule has 0 aliphatic rings. The van der Waals surface area contributed by atoms with Gasteiger partial charge in [0.05, 0.1) is 0 Å². The van der Waals surface area contributed by atoms with Crippen LogP contribution in [0.2, 0.25) is 5.02 Å². The number of rotatable bonds is 5. The molecule has 2 nitrogen and oxygen atoms in total. The van der Waals surface area contributed by atoms with Crippen molar-refractivity contribution in [3.05, 3.63) is 34.9 Å². The normalized spacial score (nSPS) is 14.9. The maximum atomic E-state index is 11.7. The molecule has 0 aromatic heterocycles. The lowest BCUT2D eigenvalue weighted by Crippen LogP contribution is -2.26. The molecule has 2 unspecified atom stereocenters. The number of nitrogens with two attached hydrogens (primary N) is 1. The molecule has 0 saturated heterocycles. The maximum Gasteiger partial charge on any atom is 0.0486 e. The van der Waals surface area contributed by atoms with Gasteiger partial charge < -0.3 is 5.73 Å². The molecule has 4 heteroatoms. The Morgan fingerprint density at radius 1 is 1.40 bits per heavy atom. The zero-order valence-electron chi connectivity index (χ0n) is 8.78. The second-order valence-electron chi connectivity index (χ2n) is 3.55. The van der Waals surface area contributed by atoms with E-state index in [2.05, 4.69) is 0 Å². The summed E-state index contributed by atoms with van der Waals surface area (Å²) in [6.45, 7) is 2.00. The SMILES string of the molecule is CCC(N)CS(=O)Cc1ccc(Cl)cc1. The van der Waals surface area contributed by atoms with Crippen molar-refractivity contribution in [2.24, 2.45) is 5.73 Å². The van der Waals surface area contributed by atoms with Gasteiger partial charge in [-0.25, -0.2) is 0 Å². The fourth-order valence-corrected chi connectivity index (χ4v) is 2.70. The predicted octanol–water partition coefficient (Wildman–Crippen LogP) is 2.33. The molecule has 0 spiro atoms. The summed E-state index contributed by atoms with van der Waals surface area (Å²) >= 11 is 5.76. The molecule has 0 heterocycles. The van der Waals surface area contributed by atoms with E-state index < -0.39 is 10.8 Å². The highest BCUT2D eigenvalue weighted by Gasteiger charge is 2.06. The molecule has 0 radical (unpaired) electrons. The Kier molecular flexibility index (Phi) is 5.29. The minimum absolute atomic E-state index is 0.0399. The third-order valence-corrected chi connectivity index (χ3v) is 3.87. The van der Waals surface area contributed by atoms with E-state index in [1.807, 2.05) is 31.2 Å². The molecule has 0 saturated carbocycles. The van der Waals surface area contributed by atoms with Gasteiger partial charge in [0.2, 0.25) is 0 Å². The molecule has 0 fully saturated rings.